The molecule has 30 heavy (non-hydrogen) atoms. The molecule has 0 bridgehead atoms. The van der Waals surface area contributed by atoms with E-state index < -0.39 is 0 Å². The Morgan fingerprint density at radius 3 is 2.97 bits per heavy atom. The number of aromatic nitrogens is 5. The third-order valence-electron chi connectivity index (χ3n) is 5.61. The van der Waals surface area contributed by atoms with Gasteiger partial charge < -0.3 is 10.6 Å². The van der Waals surface area contributed by atoms with Crippen molar-refractivity contribution in [2.45, 2.75) is 18.9 Å². The number of rotatable bonds is 3. The van der Waals surface area contributed by atoms with Gasteiger partial charge in [-0.1, -0.05) is 24.8 Å². The van der Waals surface area contributed by atoms with Crippen LogP contribution in [0.1, 0.15) is 18.9 Å². The molecule has 0 radical (unpaired) electrons. The number of nitrogens with two attached hydrogens (primary N) is 1. The maximum Gasteiger partial charge on any atom is 0.246 e. The number of hydrogen-bond donors (Lipinski definition) is 1. The molecule has 8 heteroatoms. The monoisotopic (exact) mass is 399 g/mol. The molecule has 1 saturated heterocycles. The number of likely N-dealkylation sites (tertiary alicyclic amines) is 1. The number of anilines is 1. The van der Waals surface area contributed by atoms with Gasteiger partial charge in [0.1, 0.15) is 17.8 Å². The molecule has 150 valence electrons. The fraction of sp³-hybridized carbons (Fsp3) is 0.227. The van der Waals surface area contributed by atoms with Crippen molar-refractivity contribution in [2.24, 2.45) is 0 Å². The fourth-order valence-electron chi connectivity index (χ4n) is 4.14. The van der Waals surface area contributed by atoms with Crippen LogP contribution in [0.2, 0.25) is 0 Å². The second kappa shape index (κ2) is 7.22. The van der Waals surface area contributed by atoms with E-state index in [2.05, 4.69) is 27.6 Å². The Morgan fingerprint density at radius 2 is 2.10 bits per heavy atom. The van der Waals surface area contributed by atoms with Gasteiger partial charge in [0, 0.05) is 30.2 Å². The number of amides is 1. The number of fused-ring (bicyclic) bond motifs is 2. The highest BCUT2D eigenvalue weighted by Gasteiger charge is 2.28. The molecular formula is C22H21N7O. The summed E-state index contributed by atoms with van der Waals surface area (Å²) in [6, 6.07) is 9.99. The normalized spacial score (nSPS) is 16.8. The lowest BCUT2D eigenvalue weighted by Gasteiger charge is -2.32. The summed E-state index contributed by atoms with van der Waals surface area (Å²) in [6.07, 6.45) is 6.40. The fourth-order valence-corrected chi connectivity index (χ4v) is 4.14. The van der Waals surface area contributed by atoms with E-state index in [0.29, 0.717) is 29.1 Å². The average molecular weight is 399 g/mol. The summed E-state index contributed by atoms with van der Waals surface area (Å²) in [6.45, 7) is 4.88. The minimum atomic E-state index is -0.0655. The summed E-state index contributed by atoms with van der Waals surface area (Å²) >= 11 is 0. The number of nitrogen functional groups attached to an aromatic ring is 1. The van der Waals surface area contributed by atoms with Crippen molar-refractivity contribution in [1.82, 2.24) is 29.6 Å². The van der Waals surface area contributed by atoms with E-state index in [1.54, 1.807) is 11.1 Å². The number of pyridine rings is 1. The molecule has 0 spiro atoms. The van der Waals surface area contributed by atoms with Crippen molar-refractivity contribution in [3.63, 3.8) is 0 Å². The first-order chi connectivity index (χ1) is 14.7. The summed E-state index contributed by atoms with van der Waals surface area (Å²) in [5.41, 5.74) is 9.39. The van der Waals surface area contributed by atoms with Crippen molar-refractivity contribution in [3.05, 3.63) is 55.5 Å². The van der Waals surface area contributed by atoms with Crippen LogP contribution in [0, 0.1) is 0 Å². The Hall–Kier alpha value is -3.81. The van der Waals surface area contributed by atoms with Crippen LogP contribution in [0.4, 0.5) is 5.82 Å². The minimum Gasteiger partial charge on any atom is -0.383 e. The summed E-state index contributed by atoms with van der Waals surface area (Å²) in [5.74, 6) is 0.313. The number of hydrogen-bond acceptors (Lipinski definition) is 6. The molecule has 2 N–H and O–H groups in total. The summed E-state index contributed by atoms with van der Waals surface area (Å²) < 4.78 is 1.89. The zero-order valence-electron chi connectivity index (χ0n) is 16.4. The molecule has 0 saturated carbocycles. The quantitative estimate of drug-likeness (QED) is 0.531. The zero-order chi connectivity index (χ0) is 20.7. The highest BCUT2D eigenvalue weighted by atomic mass is 16.2. The first-order valence-electron chi connectivity index (χ1n) is 9.91. The van der Waals surface area contributed by atoms with Crippen LogP contribution in [0.15, 0.2) is 55.5 Å². The predicted octanol–water partition coefficient (Wildman–Crippen LogP) is 2.97. The van der Waals surface area contributed by atoms with Crippen molar-refractivity contribution >= 4 is 33.7 Å². The van der Waals surface area contributed by atoms with E-state index in [4.69, 9.17) is 10.8 Å². The average Bonchev–Trinajstić information content (AvgIpc) is 3.19. The molecule has 0 aliphatic carbocycles. The van der Waals surface area contributed by atoms with Crippen molar-refractivity contribution in [2.75, 3.05) is 18.8 Å². The number of carbonyl (C=O) groups is 1. The van der Waals surface area contributed by atoms with E-state index >= 15 is 0 Å². The Bertz CT molecular complexity index is 1280. The molecule has 1 fully saturated rings. The van der Waals surface area contributed by atoms with E-state index in [1.165, 1.54) is 12.4 Å². The van der Waals surface area contributed by atoms with Gasteiger partial charge in [-0.3, -0.25) is 9.78 Å². The molecule has 4 heterocycles. The lowest BCUT2D eigenvalue weighted by molar-refractivity contribution is -0.127. The third-order valence-corrected chi connectivity index (χ3v) is 5.61. The van der Waals surface area contributed by atoms with Crippen LogP contribution in [0.25, 0.3) is 33.2 Å². The molecule has 1 atom stereocenters. The van der Waals surface area contributed by atoms with E-state index in [0.717, 1.165) is 35.9 Å². The van der Waals surface area contributed by atoms with Gasteiger partial charge in [0.15, 0.2) is 5.65 Å². The standard InChI is InChI=1S/C22H21N7O/c1-2-18(30)28-9-5-7-16(12-28)29-22-19(21(23)25-13-26-22)20(27-29)15-10-14-6-3-4-8-17(14)24-11-15/h2-4,6,8,10-11,13,16H,1,5,7,9,12H2,(H2,23,25,26)/t16-/m1/s1. The number of nitrogens with zero attached hydrogens (tertiary/aromatic N) is 6. The maximum atomic E-state index is 12.1. The second-order valence-electron chi connectivity index (χ2n) is 7.45. The zero-order valence-corrected chi connectivity index (χ0v) is 16.4. The van der Waals surface area contributed by atoms with Crippen molar-refractivity contribution in [3.8, 4) is 11.3 Å². The van der Waals surface area contributed by atoms with Gasteiger partial charge in [-0.2, -0.15) is 5.10 Å². The van der Waals surface area contributed by atoms with Gasteiger partial charge in [0.25, 0.3) is 0 Å². The third kappa shape index (κ3) is 2.97. The molecule has 0 unspecified atom stereocenters. The molecule has 1 aliphatic heterocycles. The molecule has 1 aliphatic rings. The van der Waals surface area contributed by atoms with E-state index in [1.807, 2.05) is 28.9 Å². The number of piperidine rings is 1. The molecule has 5 rings (SSSR count). The Kier molecular flexibility index (Phi) is 4.39. The highest BCUT2D eigenvalue weighted by molar-refractivity contribution is 5.99. The number of para-hydroxylation sites is 1. The van der Waals surface area contributed by atoms with E-state index in [-0.39, 0.29) is 11.9 Å². The van der Waals surface area contributed by atoms with Gasteiger partial charge in [0.2, 0.25) is 5.91 Å². The summed E-state index contributed by atoms with van der Waals surface area (Å²) in [5, 5.41) is 6.63. The maximum absolute atomic E-state index is 12.1. The van der Waals surface area contributed by atoms with Crippen LogP contribution in [0.3, 0.4) is 0 Å². The predicted molar refractivity (Wildman–Crippen MR) is 116 cm³/mol. The highest BCUT2D eigenvalue weighted by Crippen LogP contribution is 2.34. The molecule has 8 nitrogen and oxygen atoms in total. The van der Waals surface area contributed by atoms with Gasteiger partial charge in [-0.25, -0.2) is 14.6 Å². The van der Waals surface area contributed by atoms with Gasteiger partial charge in [0.05, 0.1) is 16.9 Å². The Morgan fingerprint density at radius 1 is 1.23 bits per heavy atom. The second-order valence-corrected chi connectivity index (χ2v) is 7.45. The lowest BCUT2D eigenvalue weighted by Crippen LogP contribution is -2.40. The molecule has 4 aromatic rings. The first kappa shape index (κ1) is 18.2. The Balaban J connectivity index is 1.65. The van der Waals surface area contributed by atoms with Crippen molar-refractivity contribution < 1.29 is 4.79 Å². The van der Waals surface area contributed by atoms with Crippen molar-refractivity contribution in [1.29, 1.82) is 0 Å². The lowest BCUT2D eigenvalue weighted by atomic mass is 10.1. The largest absolute Gasteiger partial charge is 0.383 e. The summed E-state index contributed by atoms with van der Waals surface area (Å²) in [7, 11) is 0. The topological polar surface area (TPSA) is 103 Å². The minimum absolute atomic E-state index is 0.00150. The van der Waals surface area contributed by atoms with Crippen LogP contribution in [-0.2, 0) is 4.79 Å². The smallest absolute Gasteiger partial charge is 0.246 e. The molecular weight excluding hydrogens is 378 g/mol. The number of benzene rings is 1. The van der Waals surface area contributed by atoms with Gasteiger partial charge in [-0.05, 0) is 31.1 Å². The molecule has 1 amide bonds. The molecule has 1 aromatic carbocycles. The summed E-state index contributed by atoms with van der Waals surface area (Å²) in [4.78, 5) is 27.2. The van der Waals surface area contributed by atoms with Crippen LogP contribution >= 0.6 is 0 Å². The van der Waals surface area contributed by atoms with Gasteiger partial charge >= 0.3 is 0 Å². The first-order valence-corrected chi connectivity index (χ1v) is 9.91. The van der Waals surface area contributed by atoms with E-state index in [9.17, 15) is 4.79 Å². The van der Waals surface area contributed by atoms with Crippen LogP contribution < -0.4 is 5.73 Å². The molecule has 3 aromatic heterocycles. The Labute approximate surface area is 173 Å². The van der Waals surface area contributed by atoms with Gasteiger partial charge in [-0.15, -0.1) is 0 Å². The van der Waals surface area contributed by atoms with Crippen LogP contribution in [0.5, 0.6) is 0 Å². The SMILES string of the molecule is C=CC(=O)N1CCC[C@@H](n2nc(-c3cnc4ccccc4c3)c3c(N)ncnc32)C1. The number of carbonyl (C=O) groups excluding carboxylic acids is 1. The van der Waals surface area contributed by atoms with Crippen LogP contribution in [-0.4, -0.2) is 48.6 Å².